The van der Waals surface area contributed by atoms with Crippen LogP contribution in [0.2, 0.25) is 5.02 Å². The normalized spacial score (nSPS) is 16.3. The van der Waals surface area contributed by atoms with Crippen molar-refractivity contribution in [3.05, 3.63) is 38.9 Å². The molecule has 1 saturated heterocycles. The molecule has 116 valence electrons. The van der Waals surface area contributed by atoms with E-state index >= 15 is 0 Å². The zero-order valence-electron chi connectivity index (χ0n) is 12.3. The Morgan fingerprint density at radius 3 is 2.71 bits per heavy atom. The summed E-state index contributed by atoms with van der Waals surface area (Å²) in [6, 6.07) is 5.33. The molecule has 0 bridgehead atoms. The van der Waals surface area contributed by atoms with Gasteiger partial charge in [-0.25, -0.2) is 0 Å². The molecule has 1 aromatic rings. The standard InChI is InChI=1S/C15H22ClN3O2/c1-2-9-18(13-5-7-17-8-6-13)11-12-3-4-14(19(20)21)10-15(12)16/h3-4,10,13,17H,2,5-9,11H2,1H3. The number of nitrogens with zero attached hydrogens (tertiary/aromatic N) is 2. The number of hydrogen-bond acceptors (Lipinski definition) is 4. The van der Waals surface area contributed by atoms with Gasteiger partial charge in [0, 0.05) is 24.7 Å². The predicted molar refractivity (Wildman–Crippen MR) is 84.7 cm³/mol. The van der Waals surface area contributed by atoms with Crippen molar-refractivity contribution >= 4 is 17.3 Å². The number of hydrogen-bond donors (Lipinski definition) is 1. The van der Waals surface area contributed by atoms with E-state index in [0.29, 0.717) is 11.1 Å². The maximum absolute atomic E-state index is 10.8. The van der Waals surface area contributed by atoms with Crippen molar-refractivity contribution < 1.29 is 4.92 Å². The maximum Gasteiger partial charge on any atom is 0.270 e. The van der Waals surface area contributed by atoms with Crippen LogP contribution < -0.4 is 5.32 Å². The lowest BCUT2D eigenvalue weighted by Crippen LogP contribution is -2.43. The third-order valence-electron chi connectivity index (χ3n) is 3.96. The first-order valence-electron chi connectivity index (χ1n) is 7.49. The van der Waals surface area contributed by atoms with E-state index in [1.807, 2.05) is 0 Å². The molecule has 1 heterocycles. The molecule has 0 unspecified atom stereocenters. The van der Waals surface area contributed by atoms with Crippen molar-refractivity contribution in [1.29, 1.82) is 0 Å². The summed E-state index contributed by atoms with van der Waals surface area (Å²) in [6.45, 7) is 6.07. The zero-order valence-corrected chi connectivity index (χ0v) is 13.1. The van der Waals surface area contributed by atoms with Gasteiger partial charge in [-0.2, -0.15) is 0 Å². The smallest absolute Gasteiger partial charge is 0.270 e. The topological polar surface area (TPSA) is 58.4 Å². The number of nitro groups is 1. The van der Waals surface area contributed by atoms with Gasteiger partial charge in [0.15, 0.2) is 0 Å². The molecule has 1 N–H and O–H groups in total. The summed E-state index contributed by atoms with van der Waals surface area (Å²) in [6.07, 6.45) is 3.38. The molecule has 2 rings (SSSR count). The van der Waals surface area contributed by atoms with Gasteiger partial charge < -0.3 is 5.32 Å². The van der Waals surface area contributed by atoms with Gasteiger partial charge in [0.1, 0.15) is 0 Å². The Labute approximate surface area is 130 Å². The minimum atomic E-state index is -0.410. The van der Waals surface area contributed by atoms with E-state index in [4.69, 9.17) is 11.6 Å². The van der Waals surface area contributed by atoms with E-state index < -0.39 is 4.92 Å². The highest BCUT2D eigenvalue weighted by Gasteiger charge is 2.21. The molecular weight excluding hydrogens is 290 g/mol. The van der Waals surface area contributed by atoms with Crippen LogP contribution in [0.4, 0.5) is 5.69 Å². The highest BCUT2D eigenvalue weighted by atomic mass is 35.5. The Kier molecular flexibility index (Phi) is 5.96. The number of rotatable bonds is 6. The lowest BCUT2D eigenvalue weighted by molar-refractivity contribution is -0.384. The van der Waals surface area contributed by atoms with Gasteiger partial charge in [-0.1, -0.05) is 18.5 Å². The van der Waals surface area contributed by atoms with Crippen molar-refractivity contribution in [2.24, 2.45) is 0 Å². The van der Waals surface area contributed by atoms with Crippen LogP contribution in [-0.2, 0) is 6.54 Å². The molecule has 0 radical (unpaired) electrons. The van der Waals surface area contributed by atoms with Crippen molar-refractivity contribution in [2.45, 2.75) is 38.8 Å². The largest absolute Gasteiger partial charge is 0.317 e. The second kappa shape index (κ2) is 7.73. The quantitative estimate of drug-likeness (QED) is 0.647. The van der Waals surface area contributed by atoms with Crippen molar-refractivity contribution in [3.8, 4) is 0 Å². The van der Waals surface area contributed by atoms with Crippen molar-refractivity contribution in [3.63, 3.8) is 0 Å². The van der Waals surface area contributed by atoms with E-state index in [1.165, 1.54) is 12.1 Å². The average molecular weight is 312 g/mol. The number of non-ortho nitro benzene ring substituents is 1. The number of benzene rings is 1. The minimum absolute atomic E-state index is 0.0488. The van der Waals surface area contributed by atoms with Crippen LogP contribution in [0, 0.1) is 10.1 Å². The monoisotopic (exact) mass is 311 g/mol. The SMILES string of the molecule is CCCN(Cc1ccc([N+](=O)[O-])cc1Cl)C1CCNCC1. The summed E-state index contributed by atoms with van der Waals surface area (Å²) < 4.78 is 0. The first-order chi connectivity index (χ1) is 10.1. The third-order valence-corrected chi connectivity index (χ3v) is 4.31. The van der Waals surface area contributed by atoms with Crippen LogP contribution in [0.5, 0.6) is 0 Å². The van der Waals surface area contributed by atoms with Gasteiger partial charge >= 0.3 is 0 Å². The van der Waals surface area contributed by atoms with Gasteiger partial charge in [0.2, 0.25) is 0 Å². The van der Waals surface area contributed by atoms with Crippen LogP contribution >= 0.6 is 11.6 Å². The summed E-state index contributed by atoms with van der Waals surface area (Å²) in [4.78, 5) is 12.8. The van der Waals surface area contributed by atoms with Gasteiger partial charge in [0.25, 0.3) is 5.69 Å². The Morgan fingerprint density at radius 2 is 2.14 bits per heavy atom. The molecular formula is C15H22ClN3O2. The number of nitrogens with one attached hydrogen (secondary N) is 1. The van der Waals surface area contributed by atoms with Crippen molar-refractivity contribution in [1.82, 2.24) is 10.2 Å². The number of piperidine rings is 1. The predicted octanol–water partition coefficient (Wildman–Crippen LogP) is 3.21. The Balaban J connectivity index is 2.10. The van der Waals surface area contributed by atoms with Crippen LogP contribution in [-0.4, -0.2) is 35.5 Å². The maximum atomic E-state index is 10.8. The number of halogens is 1. The van der Waals surface area contributed by atoms with Crippen LogP contribution in [0.1, 0.15) is 31.7 Å². The lowest BCUT2D eigenvalue weighted by Gasteiger charge is -2.34. The van der Waals surface area contributed by atoms with Crippen LogP contribution in [0.25, 0.3) is 0 Å². The first kappa shape index (κ1) is 16.2. The molecule has 6 heteroatoms. The van der Waals surface area contributed by atoms with Gasteiger partial charge in [0.05, 0.1) is 9.95 Å². The molecule has 0 atom stereocenters. The Bertz CT molecular complexity index is 490. The molecule has 0 amide bonds. The highest BCUT2D eigenvalue weighted by Crippen LogP contribution is 2.25. The molecule has 5 nitrogen and oxygen atoms in total. The second-order valence-electron chi connectivity index (χ2n) is 5.48. The molecule has 1 aliphatic heterocycles. The summed E-state index contributed by atoms with van der Waals surface area (Å²) in [5.74, 6) is 0. The van der Waals surface area contributed by atoms with Gasteiger partial charge in [-0.05, 0) is 50.5 Å². The summed E-state index contributed by atoms with van der Waals surface area (Å²) in [7, 11) is 0. The second-order valence-corrected chi connectivity index (χ2v) is 5.89. The van der Waals surface area contributed by atoms with Gasteiger partial charge in [-0.3, -0.25) is 15.0 Å². The van der Waals surface area contributed by atoms with E-state index in [2.05, 4.69) is 17.1 Å². The number of nitro benzene ring substituents is 1. The first-order valence-corrected chi connectivity index (χ1v) is 7.87. The average Bonchev–Trinajstić information content (AvgIpc) is 2.49. The third kappa shape index (κ3) is 4.40. The zero-order chi connectivity index (χ0) is 15.2. The van der Waals surface area contributed by atoms with E-state index in [1.54, 1.807) is 6.07 Å². The Morgan fingerprint density at radius 1 is 1.43 bits per heavy atom. The van der Waals surface area contributed by atoms with E-state index in [0.717, 1.165) is 51.0 Å². The summed E-state index contributed by atoms with van der Waals surface area (Å²) in [5, 5.41) is 14.6. The molecule has 0 aromatic heterocycles. The van der Waals surface area contributed by atoms with Crippen LogP contribution in [0.15, 0.2) is 18.2 Å². The van der Waals surface area contributed by atoms with E-state index in [9.17, 15) is 10.1 Å². The molecule has 1 aromatic carbocycles. The fourth-order valence-corrected chi connectivity index (χ4v) is 3.08. The molecule has 0 aliphatic carbocycles. The molecule has 0 saturated carbocycles. The highest BCUT2D eigenvalue weighted by molar-refractivity contribution is 6.31. The molecule has 0 spiro atoms. The fourth-order valence-electron chi connectivity index (χ4n) is 2.85. The summed E-state index contributed by atoms with van der Waals surface area (Å²) >= 11 is 6.21. The Hall–Kier alpha value is -1.17. The van der Waals surface area contributed by atoms with Crippen molar-refractivity contribution in [2.75, 3.05) is 19.6 Å². The molecule has 21 heavy (non-hydrogen) atoms. The van der Waals surface area contributed by atoms with E-state index in [-0.39, 0.29) is 5.69 Å². The summed E-state index contributed by atoms with van der Waals surface area (Å²) in [5.41, 5.74) is 1.02. The lowest BCUT2D eigenvalue weighted by atomic mass is 10.0. The fraction of sp³-hybridized carbons (Fsp3) is 0.600. The van der Waals surface area contributed by atoms with Gasteiger partial charge in [-0.15, -0.1) is 0 Å². The van der Waals surface area contributed by atoms with Crippen LogP contribution in [0.3, 0.4) is 0 Å². The molecule has 1 fully saturated rings. The molecule has 1 aliphatic rings. The minimum Gasteiger partial charge on any atom is -0.317 e.